The number of aliphatic carboxylic acids is 1. The van der Waals surface area contributed by atoms with E-state index in [9.17, 15) is 19.5 Å². The number of hydrogen-bond acceptors (Lipinski definition) is 3. The highest BCUT2D eigenvalue weighted by Gasteiger charge is 2.67. The van der Waals surface area contributed by atoms with Crippen LogP contribution in [0.3, 0.4) is 0 Å². The number of hydrogen-bond donors (Lipinski definition) is 1. The number of rotatable bonds is 5. The van der Waals surface area contributed by atoms with Gasteiger partial charge in [0.1, 0.15) is 6.04 Å². The summed E-state index contributed by atoms with van der Waals surface area (Å²) in [6.45, 7) is 1.98. The van der Waals surface area contributed by atoms with Crippen LogP contribution in [0.1, 0.15) is 32.6 Å². The Kier molecular flexibility index (Phi) is 2.97. The van der Waals surface area contributed by atoms with Crippen molar-refractivity contribution in [2.45, 2.75) is 38.6 Å². The van der Waals surface area contributed by atoms with Gasteiger partial charge in [-0.05, 0) is 36.5 Å². The molecule has 0 aromatic carbocycles. The SMILES string of the molecule is CCCC[C@H](C(=O)O)N1C(=O)[C@H]2[C@@H]3C=C[C@H]([C@H]4C[C@H]34)[C@@H]2C1=O. The van der Waals surface area contributed by atoms with Crippen molar-refractivity contribution in [3.05, 3.63) is 12.2 Å². The smallest absolute Gasteiger partial charge is 0.326 e. The van der Waals surface area contributed by atoms with Gasteiger partial charge in [-0.2, -0.15) is 0 Å². The average Bonchev–Trinajstić information content (AvgIpc) is 3.27. The maximum Gasteiger partial charge on any atom is 0.326 e. The average molecular weight is 303 g/mol. The first kappa shape index (κ1) is 14.0. The van der Waals surface area contributed by atoms with Crippen LogP contribution in [-0.4, -0.2) is 33.8 Å². The molecule has 5 heteroatoms. The van der Waals surface area contributed by atoms with Crippen molar-refractivity contribution < 1.29 is 19.5 Å². The van der Waals surface area contributed by atoms with Crippen molar-refractivity contribution in [3.63, 3.8) is 0 Å². The summed E-state index contributed by atoms with van der Waals surface area (Å²) in [4.78, 5) is 38.3. The standard InChI is InChI=1S/C17H21NO4/c1-2-3-4-12(17(21)22)18-15(19)13-8-5-6-9(11-7-10(8)11)14(13)16(18)20/h5-6,8-14H,2-4,7H2,1H3,(H,21,22)/t8-,9-,10-,11-,12-,13+,14+/m1/s1. The molecule has 5 aliphatic rings. The molecule has 1 aliphatic heterocycles. The lowest BCUT2D eigenvalue weighted by Crippen LogP contribution is -2.45. The summed E-state index contributed by atoms with van der Waals surface area (Å²) >= 11 is 0. The van der Waals surface area contributed by atoms with Crippen LogP contribution >= 0.6 is 0 Å². The van der Waals surface area contributed by atoms with Crippen LogP contribution in [0.5, 0.6) is 0 Å². The Morgan fingerprint density at radius 2 is 1.77 bits per heavy atom. The van der Waals surface area contributed by atoms with Crippen molar-refractivity contribution in [1.82, 2.24) is 4.90 Å². The summed E-state index contributed by atoms with van der Waals surface area (Å²) in [5, 5.41) is 9.48. The van der Waals surface area contributed by atoms with Gasteiger partial charge >= 0.3 is 5.97 Å². The number of carbonyl (C=O) groups is 3. The van der Waals surface area contributed by atoms with Crippen LogP contribution in [-0.2, 0) is 14.4 Å². The summed E-state index contributed by atoms with van der Waals surface area (Å²) in [5.41, 5.74) is 0. The second-order valence-electron chi connectivity index (χ2n) is 7.20. The molecule has 0 aromatic heterocycles. The van der Waals surface area contributed by atoms with Gasteiger partial charge in [0.05, 0.1) is 11.8 Å². The number of nitrogens with zero attached hydrogens (tertiary/aromatic N) is 1. The van der Waals surface area contributed by atoms with Gasteiger partial charge in [0, 0.05) is 0 Å². The highest BCUT2D eigenvalue weighted by atomic mass is 16.4. The van der Waals surface area contributed by atoms with E-state index in [1.165, 1.54) is 0 Å². The van der Waals surface area contributed by atoms with E-state index in [2.05, 4.69) is 12.2 Å². The lowest BCUT2D eigenvalue weighted by atomic mass is 9.63. The van der Waals surface area contributed by atoms with Crippen LogP contribution < -0.4 is 0 Å². The Hall–Kier alpha value is -1.65. The molecule has 5 nitrogen and oxygen atoms in total. The molecule has 3 fully saturated rings. The fourth-order valence-corrected chi connectivity index (χ4v) is 5.05. The Bertz CT molecular complexity index is 547. The number of carbonyl (C=O) groups excluding carboxylic acids is 2. The molecule has 4 aliphatic carbocycles. The number of amides is 2. The molecule has 0 aromatic rings. The van der Waals surface area contributed by atoms with Gasteiger partial charge in [-0.25, -0.2) is 4.79 Å². The molecule has 1 heterocycles. The summed E-state index contributed by atoms with van der Waals surface area (Å²) in [7, 11) is 0. The Morgan fingerprint density at radius 1 is 1.23 bits per heavy atom. The van der Waals surface area contributed by atoms with Crippen LogP contribution in [0.25, 0.3) is 0 Å². The Balaban J connectivity index is 1.65. The minimum absolute atomic E-state index is 0.155. The number of allylic oxidation sites excluding steroid dienone is 2. The fraction of sp³-hybridized carbons (Fsp3) is 0.706. The topological polar surface area (TPSA) is 74.7 Å². The zero-order valence-electron chi connectivity index (χ0n) is 12.6. The van der Waals surface area contributed by atoms with Gasteiger partial charge < -0.3 is 5.11 Å². The van der Waals surface area contributed by atoms with Crippen molar-refractivity contribution in [3.8, 4) is 0 Å². The van der Waals surface area contributed by atoms with Crippen LogP contribution in [0.15, 0.2) is 12.2 Å². The lowest BCUT2D eigenvalue weighted by molar-refractivity contribution is -0.155. The van der Waals surface area contributed by atoms with Crippen molar-refractivity contribution in [2.24, 2.45) is 35.5 Å². The molecule has 0 unspecified atom stereocenters. The first-order valence-corrected chi connectivity index (χ1v) is 8.34. The Labute approximate surface area is 129 Å². The van der Waals surface area contributed by atoms with Gasteiger partial charge in [-0.3, -0.25) is 14.5 Å². The van der Waals surface area contributed by atoms with E-state index in [4.69, 9.17) is 0 Å². The number of carboxylic acid groups (broad SMARTS) is 1. The lowest BCUT2D eigenvalue weighted by Gasteiger charge is -2.37. The molecule has 1 N–H and O–H groups in total. The van der Waals surface area contributed by atoms with E-state index < -0.39 is 12.0 Å². The third-order valence-corrected chi connectivity index (χ3v) is 6.12. The van der Waals surface area contributed by atoms with Gasteiger partial charge in [0.15, 0.2) is 0 Å². The number of unbranched alkanes of at least 4 members (excludes halogenated alkanes) is 1. The molecular formula is C17H21NO4. The Morgan fingerprint density at radius 3 is 2.23 bits per heavy atom. The minimum Gasteiger partial charge on any atom is -0.480 e. The zero-order chi connectivity index (χ0) is 15.6. The first-order valence-electron chi connectivity index (χ1n) is 8.34. The van der Waals surface area contributed by atoms with Crippen LogP contribution in [0.4, 0.5) is 0 Å². The van der Waals surface area contributed by atoms with Crippen LogP contribution in [0.2, 0.25) is 0 Å². The molecule has 7 atom stereocenters. The third kappa shape index (κ3) is 1.68. The predicted molar refractivity (Wildman–Crippen MR) is 77.5 cm³/mol. The molecular weight excluding hydrogens is 282 g/mol. The number of imide groups is 1. The minimum atomic E-state index is -1.06. The second kappa shape index (κ2) is 4.67. The molecule has 1 saturated heterocycles. The van der Waals surface area contributed by atoms with E-state index in [1.807, 2.05) is 6.92 Å². The normalized spacial score (nSPS) is 42.3. The van der Waals surface area contributed by atoms with E-state index in [1.54, 1.807) is 0 Å². The summed E-state index contributed by atoms with van der Waals surface area (Å²) in [6, 6.07) is -0.985. The predicted octanol–water partition coefficient (Wildman–Crippen LogP) is 1.68. The highest BCUT2D eigenvalue weighted by Crippen LogP contribution is 2.65. The fourth-order valence-electron chi connectivity index (χ4n) is 5.05. The maximum absolute atomic E-state index is 12.8. The monoisotopic (exact) mass is 303 g/mol. The summed E-state index contributed by atoms with van der Waals surface area (Å²) < 4.78 is 0. The molecule has 2 saturated carbocycles. The molecule has 118 valence electrons. The van der Waals surface area contributed by atoms with E-state index in [0.29, 0.717) is 24.7 Å². The van der Waals surface area contributed by atoms with Gasteiger partial charge in [0.25, 0.3) is 0 Å². The molecule has 2 amide bonds. The largest absolute Gasteiger partial charge is 0.480 e. The van der Waals surface area contributed by atoms with E-state index >= 15 is 0 Å². The first-order chi connectivity index (χ1) is 10.6. The maximum atomic E-state index is 12.8. The quantitative estimate of drug-likeness (QED) is 0.619. The highest BCUT2D eigenvalue weighted by molar-refractivity contribution is 6.08. The third-order valence-electron chi connectivity index (χ3n) is 6.12. The van der Waals surface area contributed by atoms with Gasteiger partial charge in [-0.15, -0.1) is 0 Å². The number of carboxylic acids is 1. The van der Waals surface area contributed by atoms with Gasteiger partial charge in [0.2, 0.25) is 11.8 Å². The zero-order valence-corrected chi connectivity index (χ0v) is 12.6. The van der Waals surface area contributed by atoms with E-state index in [0.717, 1.165) is 17.7 Å². The second-order valence-corrected chi connectivity index (χ2v) is 7.20. The van der Waals surface area contributed by atoms with Crippen molar-refractivity contribution in [2.75, 3.05) is 0 Å². The molecule has 0 radical (unpaired) electrons. The molecule has 5 rings (SSSR count). The van der Waals surface area contributed by atoms with Crippen molar-refractivity contribution >= 4 is 17.8 Å². The van der Waals surface area contributed by atoms with Gasteiger partial charge in [-0.1, -0.05) is 31.9 Å². The van der Waals surface area contributed by atoms with Crippen molar-refractivity contribution in [1.29, 1.82) is 0 Å². The van der Waals surface area contributed by atoms with E-state index in [-0.39, 0.29) is 35.5 Å². The number of likely N-dealkylation sites (tertiary alicyclic amines) is 1. The molecule has 0 spiro atoms. The molecule has 2 bridgehead atoms. The molecule has 22 heavy (non-hydrogen) atoms. The van der Waals surface area contributed by atoms with Crippen LogP contribution in [0, 0.1) is 35.5 Å². The summed E-state index contributed by atoms with van der Waals surface area (Å²) in [6.07, 6.45) is 7.25. The summed E-state index contributed by atoms with van der Waals surface area (Å²) in [5.74, 6) is -0.710.